The Kier molecular flexibility index (Phi) is 6.33. The van der Waals surface area contributed by atoms with E-state index in [9.17, 15) is 4.79 Å². The van der Waals surface area contributed by atoms with Crippen molar-refractivity contribution < 1.29 is 9.53 Å². The summed E-state index contributed by atoms with van der Waals surface area (Å²) in [6.45, 7) is 4.33. The van der Waals surface area contributed by atoms with Gasteiger partial charge in [-0.1, -0.05) is 0 Å². The number of anilines is 1. The first-order valence-electron chi connectivity index (χ1n) is 8.32. The van der Waals surface area contributed by atoms with Crippen LogP contribution in [-0.4, -0.2) is 61.7 Å². The molecule has 6 heteroatoms. The maximum atomic E-state index is 12.8. The minimum Gasteiger partial charge on any atom is -0.385 e. The number of amides is 1. The Balaban J connectivity index is 2.02. The first-order valence-corrected chi connectivity index (χ1v) is 8.32. The lowest BCUT2D eigenvalue weighted by molar-refractivity contribution is 0.0659. The van der Waals surface area contributed by atoms with E-state index in [-0.39, 0.29) is 5.91 Å². The molecule has 1 fully saturated rings. The molecule has 0 saturated carbocycles. The quantitative estimate of drug-likeness (QED) is 0.752. The van der Waals surface area contributed by atoms with Gasteiger partial charge in [-0.15, -0.1) is 0 Å². The molecule has 2 rings (SSSR count). The molecular weight excluding hydrogens is 292 g/mol. The zero-order valence-corrected chi connectivity index (χ0v) is 14.7. The predicted octanol–water partition coefficient (Wildman–Crippen LogP) is 2.13. The molecule has 128 valence electrons. The number of aromatic nitrogens is 2. The maximum absolute atomic E-state index is 12.8. The number of ether oxygens (including phenoxy) is 1. The van der Waals surface area contributed by atoms with Crippen molar-refractivity contribution in [2.24, 2.45) is 5.92 Å². The van der Waals surface area contributed by atoms with Gasteiger partial charge in [0.1, 0.15) is 0 Å². The lowest BCUT2D eigenvalue weighted by Crippen LogP contribution is -2.40. The van der Waals surface area contributed by atoms with Crippen molar-refractivity contribution >= 4 is 11.9 Å². The number of rotatable bonds is 6. The lowest BCUT2D eigenvalue weighted by atomic mass is 9.93. The molecule has 1 saturated heterocycles. The molecule has 6 nitrogen and oxygen atoms in total. The molecule has 23 heavy (non-hydrogen) atoms. The van der Waals surface area contributed by atoms with Crippen LogP contribution in [0.25, 0.3) is 0 Å². The smallest absolute Gasteiger partial charge is 0.257 e. The summed E-state index contributed by atoms with van der Waals surface area (Å²) < 4.78 is 5.12. The first kappa shape index (κ1) is 17.7. The highest BCUT2D eigenvalue weighted by atomic mass is 16.5. The Bertz CT molecular complexity index is 533. The lowest BCUT2D eigenvalue weighted by Gasteiger charge is -2.33. The Morgan fingerprint density at radius 3 is 2.91 bits per heavy atom. The molecule has 1 aromatic heterocycles. The van der Waals surface area contributed by atoms with Crippen LogP contribution in [0.2, 0.25) is 0 Å². The molecule has 1 aromatic rings. The van der Waals surface area contributed by atoms with Gasteiger partial charge < -0.3 is 14.5 Å². The molecular formula is C17H28N4O2. The van der Waals surface area contributed by atoms with Crippen LogP contribution >= 0.6 is 0 Å². The second kappa shape index (κ2) is 8.24. The average molecular weight is 320 g/mol. The van der Waals surface area contributed by atoms with Crippen LogP contribution in [0.15, 0.2) is 6.20 Å². The molecule has 0 radical (unpaired) electrons. The summed E-state index contributed by atoms with van der Waals surface area (Å²) in [7, 11) is 5.52. The summed E-state index contributed by atoms with van der Waals surface area (Å²) in [5.74, 6) is 1.27. The van der Waals surface area contributed by atoms with Crippen LogP contribution in [0, 0.1) is 12.8 Å². The molecule has 1 atom stereocenters. The van der Waals surface area contributed by atoms with E-state index in [1.54, 1.807) is 13.3 Å². The molecule has 1 aliphatic heterocycles. The highest BCUT2D eigenvalue weighted by molar-refractivity contribution is 5.95. The van der Waals surface area contributed by atoms with Gasteiger partial charge in [0.05, 0.1) is 11.3 Å². The van der Waals surface area contributed by atoms with Gasteiger partial charge >= 0.3 is 0 Å². The fraction of sp³-hybridized carbons (Fsp3) is 0.706. The monoisotopic (exact) mass is 320 g/mol. The van der Waals surface area contributed by atoms with Gasteiger partial charge in [-0.25, -0.2) is 9.97 Å². The average Bonchev–Trinajstić information content (AvgIpc) is 2.54. The van der Waals surface area contributed by atoms with E-state index in [0.29, 0.717) is 17.4 Å². The summed E-state index contributed by atoms with van der Waals surface area (Å²) in [5, 5.41) is 0. The van der Waals surface area contributed by atoms with Gasteiger partial charge in [0.15, 0.2) is 0 Å². The minimum atomic E-state index is 0.0595. The number of hydrogen-bond acceptors (Lipinski definition) is 5. The Morgan fingerprint density at radius 1 is 1.48 bits per heavy atom. The Labute approximate surface area is 138 Å². The standard InChI is InChI=1S/C17H28N4O2/c1-13-15(11-18-17(19-13)20(2)3)16(22)21-9-5-7-14(12-21)8-6-10-23-4/h11,14H,5-10,12H2,1-4H3/t14-/m0/s1. The van der Waals surface area contributed by atoms with Gasteiger partial charge in [0, 0.05) is 47.1 Å². The third-order valence-corrected chi connectivity index (χ3v) is 4.36. The van der Waals surface area contributed by atoms with E-state index in [1.807, 2.05) is 30.8 Å². The van der Waals surface area contributed by atoms with Crippen molar-refractivity contribution in [2.75, 3.05) is 45.8 Å². The van der Waals surface area contributed by atoms with Gasteiger partial charge in [0.2, 0.25) is 5.95 Å². The highest BCUT2D eigenvalue weighted by Crippen LogP contribution is 2.23. The van der Waals surface area contributed by atoms with E-state index >= 15 is 0 Å². The highest BCUT2D eigenvalue weighted by Gasteiger charge is 2.25. The largest absolute Gasteiger partial charge is 0.385 e. The van der Waals surface area contributed by atoms with E-state index in [4.69, 9.17) is 4.74 Å². The third-order valence-electron chi connectivity index (χ3n) is 4.36. The molecule has 0 spiro atoms. The van der Waals surface area contributed by atoms with Crippen LogP contribution in [0.1, 0.15) is 41.7 Å². The zero-order valence-electron chi connectivity index (χ0n) is 14.7. The van der Waals surface area contributed by atoms with Crippen molar-refractivity contribution in [1.82, 2.24) is 14.9 Å². The number of nitrogens with zero attached hydrogens (tertiary/aromatic N) is 4. The SMILES string of the molecule is COCCC[C@@H]1CCCN(C(=O)c2cnc(N(C)C)nc2C)C1. The molecule has 1 aliphatic rings. The van der Waals surface area contributed by atoms with Crippen LogP contribution < -0.4 is 4.90 Å². The van der Waals surface area contributed by atoms with Crippen LogP contribution in [-0.2, 0) is 4.74 Å². The summed E-state index contributed by atoms with van der Waals surface area (Å²) in [5.41, 5.74) is 1.36. The van der Waals surface area contributed by atoms with Gasteiger partial charge in [0.25, 0.3) is 5.91 Å². The van der Waals surface area contributed by atoms with Crippen molar-refractivity contribution in [2.45, 2.75) is 32.6 Å². The van der Waals surface area contributed by atoms with Crippen molar-refractivity contribution in [3.63, 3.8) is 0 Å². The number of methoxy groups -OCH3 is 1. The summed E-state index contributed by atoms with van der Waals surface area (Å²) in [4.78, 5) is 25.3. The van der Waals surface area contributed by atoms with E-state index < -0.39 is 0 Å². The van der Waals surface area contributed by atoms with Crippen LogP contribution in [0.3, 0.4) is 0 Å². The second-order valence-corrected chi connectivity index (χ2v) is 6.46. The summed E-state index contributed by atoms with van der Waals surface area (Å²) >= 11 is 0. The molecule has 0 aliphatic carbocycles. The van der Waals surface area contributed by atoms with E-state index in [1.165, 1.54) is 6.42 Å². The molecule has 0 bridgehead atoms. The second-order valence-electron chi connectivity index (χ2n) is 6.46. The molecule has 0 unspecified atom stereocenters. The third kappa shape index (κ3) is 4.64. The maximum Gasteiger partial charge on any atom is 0.257 e. The van der Waals surface area contributed by atoms with Crippen molar-refractivity contribution in [3.05, 3.63) is 17.5 Å². The number of likely N-dealkylation sites (tertiary alicyclic amines) is 1. The molecule has 0 aromatic carbocycles. The number of hydrogen-bond donors (Lipinski definition) is 0. The molecule has 1 amide bonds. The topological polar surface area (TPSA) is 58.6 Å². The van der Waals surface area contributed by atoms with Gasteiger partial charge in [-0.2, -0.15) is 0 Å². The fourth-order valence-electron chi connectivity index (χ4n) is 3.05. The Morgan fingerprint density at radius 2 is 2.26 bits per heavy atom. The van der Waals surface area contributed by atoms with Crippen molar-refractivity contribution in [1.29, 1.82) is 0 Å². The van der Waals surface area contributed by atoms with Crippen LogP contribution in [0.5, 0.6) is 0 Å². The number of aryl methyl sites for hydroxylation is 1. The van der Waals surface area contributed by atoms with Gasteiger partial charge in [-0.3, -0.25) is 4.79 Å². The summed E-state index contributed by atoms with van der Waals surface area (Å²) in [6, 6.07) is 0. The number of carbonyl (C=O) groups excluding carboxylic acids is 1. The number of carbonyl (C=O) groups is 1. The Hall–Kier alpha value is -1.69. The number of piperidine rings is 1. The first-order chi connectivity index (χ1) is 11.0. The molecule has 0 N–H and O–H groups in total. The minimum absolute atomic E-state index is 0.0595. The van der Waals surface area contributed by atoms with Crippen molar-refractivity contribution in [3.8, 4) is 0 Å². The van der Waals surface area contributed by atoms with Gasteiger partial charge in [-0.05, 0) is 38.5 Å². The fourth-order valence-corrected chi connectivity index (χ4v) is 3.05. The molecule has 2 heterocycles. The predicted molar refractivity (Wildman–Crippen MR) is 90.8 cm³/mol. The van der Waals surface area contributed by atoms with E-state index in [0.717, 1.165) is 44.7 Å². The normalized spacial score (nSPS) is 18.1. The zero-order chi connectivity index (χ0) is 16.8. The summed E-state index contributed by atoms with van der Waals surface area (Å²) in [6.07, 6.45) is 6.10. The van der Waals surface area contributed by atoms with Crippen LogP contribution in [0.4, 0.5) is 5.95 Å². The van der Waals surface area contributed by atoms with E-state index in [2.05, 4.69) is 9.97 Å².